The van der Waals surface area contributed by atoms with Crippen molar-refractivity contribution in [2.24, 2.45) is 0 Å². The number of hydrogen-bond donors (Lipinski definition) is 0. The van der Waals surface area contributed by atoms with Gasteiger partial charge in [-0.25, -0.2) is 0 Å². The predicted molar refractivity (Wildman–Crippen MR) is 304 cm³/mol. The fraction of sp³-hybridized carbons (Fsp3) is 0.250. The Hall–Kier alpha value is -4.78. The summed E-state index contributed by atoms with van der Waals surface area (Å²) in [6.07, 6.45) is 0. The number of fused-ring (bicyclic) bond motifs is 24. The zero-order valence-electron chi connectivity index (χ0n) is 40.8. The maximum atomic E-state index is 2.52. The lowest BCUT2D eigenvalue weighted by molar-refractivity contribution is 0.590. The molecule has 0 radical (unpaired) electrons. The van der Waals surface area contributed by atoms with E-state index in [0.717, 1.165) is 0 Å². The topological polar surface area (TPSA) is 0 Å². The van der Waals surface area contributed by atoms with Gasteiger partial charge in [-0.05, 0) is 251 Å². The molecule has 0 N–H and O–H groups in total. The standard InChI is InChI=1S/C64H62I2/c1-61(2,3)55-27-43-21-47(31-55)51-25-52(36-59(65)35-51)48-23-45(29-57(32-48)63(7,8)9)41-17-14-18-42(20-41)46-24-50(34-58(30-46)64(10,11)12)54-26-53(37-60(66)38-54)49-22-44(28-56(33-49)62(4,5)6)40-16-13-15-39(43)19-40/h13-38H,1-12H3. The first-order valence-electron chi connectivity index (χ1n) is 23.4. The lowest BCUT2D eigenvalue weighted by Gasteiger charge is -2.24. The SMILES string of the molecule is CC(C)(C)c1cc2cc(c1)-c1cc(I)cc(c1)-c1cc(cc(C(C)(C)C)c1)-c1cccc(c1)-c1cc(cc(C(C)(C)C)c1)-c1cc(I)cc(c1)-c1cc(cc(C(C)(C)C)c1)-c1cccc-2c1. The van der Waals surface area contributed by atoms with Crippen LogP contribution < -0.4 is 0 Å². The van der Waals surface area contributed by atoms with Gasteiger partial charge < -0.3 is 0 Å². The number of hydrogen-bond acceptors (Lipinski definition) is 0. The lowest BCUT2D eigenvalue weighted by Crippen LogP contribution is -2.11. The fourth-order valence-electron chi connectivity index (χ4n) is 9.18. The first kappa shape index (κ1) is 46.3. The van der Waals surface area contributed by atoms with Gasteiger partial charge >= 0.3 is 0 Å². The first-order chi connectivity index (χ1) is 30.9. The van der Waals surface area contributed by atoms with Crippen LogP contribution in [0.15, 0.2) is 158 Å². The highest BCUT2D eigenvalue weighted by atomic mass is 127. The van der Waals surface area contributed by atoms with Gasteiger partial charge in [0.1, 0.15) is 0 Å². The van der Waals surface area contributed by atoms with Gasteiger partial charge in [-0.2, -0.15) is 0 Å². The molecule has 332 valence electrons. The third kappa shape index (κ3) is 9.79. The summed E-state index contributed by atoms with van der Waals surface area (Å²) in [7, 11) is 0. The van der Waals surface area contributed by atoms with E-state index in [1.807, 2.05) is 0 Å². The highest BCUT2D eigenvalue weighted by Gasteiger charge is 2.23. The van der Waals surface area contributed by atoms with E-state index in [4.69, 9.17) is 0 Å². The van der Waals surface area contributed by atoms with Crippen LogP contribution in [-0.2, 0) is 21.7 Å². The van der Waals surface area contributed by atoms with Crippen molar-refractivity contribution in [3.63, 3.8) is 0 Å². The highest BCUT2D eigenvalue weighted by Crippen LogP contribution is 2.43. The van der Waals surface area contributed by atoms with E-state index in [1.165, 1.54) is 118 Å². The van der Waals surface area contributed by atoms with Crippen LogP contribution in [0.1, 0.15) is 105 Å². The van der Waals surface area contributed by atoms with Crippen molar-refractivity contribution < 1.29 is 0 Å². The molecule has 0 atom stereocenters. The second-order valence-corrected chi connectivity index (χ2v) is 25.3. The zero-order chi connectivity index (χ0) is 47.1. The van der Waals surface area contributed by atoms with Gasteiger partial charge in [-0.1, -0.05) is 168 Å². The normalized spacial score (nSPS) is 12.7. The van der Waals surface area contributed by atoms with Crippen molar-refractivity contribution in [1.29, 1.82) is 0 Å². The molecular formula is C64H62I2. The number of rotatable bonds is 0. The van der Waals surface area contributed by atoms with Gasteiger partial charge in [0, 0.05) is 7.14 Å². The molecule has 0 aliphatic heterocycles. The van der Waals surface area contributed by atoms with Gasteiger partial charge in [0.2, 0.25) is 0 Å². The second kappa shape index (κ2) is 17.1. The Morgan fingerprint density at radius 1 is 0.212 bits per heavy atom. The summed E-state index contributed by atoms with van der Waals surface area (Å²) < 4.78 is 2.44. The molecule has 16 bridgehead atoms. The Morgan fingerprint density at radius 2 is 0.364 bits per heavy atom. The quantitative estimate of drug-likeness (QED) is 0.133. The van der Waals surface area contributed by atoms with Crippen LogP contribution in [0.3, 0.4) is 0 Å². The van der Waals surface area contributed by atoms with Crippen molar-refractivity contribution in [2.45, 2.75) is 105 Å². The molecule has 0 spiro atoms. The molecule has 0 amide bonds. The minimum absolute atomic E-state index is 0.0448. The van der Waals surface area contributed by atoms with Crippen LogP contribution in [0.4, 0.5) is 0 Å². The van der Waals surface area contributed by atoms with Crippen molar-refractivity contribution in [2.75, 3.05) is 0 Å². The van der Waals surface area contributed by atoms with Crippen LogP contribution >= 0.6 is 45.2 Å². The molecule has 1 aliphatic rings. The first-order valence-corrected chi connectivity index (χ1v) is 25.6. The van der Waals surface area contributed by atoms with Crippen LogP contribution in [0, 0.1) is 7.14 Å². The van der Waals surface area contributed by atoms with E-state index in [-0.39, 0.29) is 21.7 Å². The van der Waals surface area contributed by atoms with Crippen LogP contribution in [-0.4, -0.2) is 0 Å². The zero-order valence-corrected chi connectivity index (χ0v) is 45.1. The molecule has 0 fully saturated rings. The average Bonchev–Trinajstić information content (AvgIpc) is 3.26. The van der Waals surface area contributed by atoms with E-state index < -0.39 is 0 Å². The Kier molecular flexibility index (Phi) is 12.0. The van der Waals surface area contributed by atoms with E-state index >= 15 is 0 Å². The van der Waals surface area contributed by atoms with Crippen LogP contribution in [0.25, 0.3) is 89.0 Å². The predicted octanol–water partition coefficient (Wildman–Crippen LogP) is 19.7. The Labute approximate surface area is 422 Å². The Morgan fingerprint density at radius 3 is 0.545 bits per heavy atom. The van der Waals surface area contributed by atoms with E-state index in [2.05, 4.69) is 286 Å². The van der Waals surface area contributed by atoms with Gasteiger partial charge in [0.15, 0.2) is 0 Å². The summed E-state index contributed by atoms with van der Waals surface area (Å²) in [5.74, 6) is 0. The maximum Gasteiger partial charge on any atom is 0.0142 e. The fourth-order valence-corrected chi connectivity index (χ4v) is 10.5. The van der Waals surface area contributed by atoms with Crippen LogP contribution in [0.2, 0.25) is 0 Å². The molecule has 0 saturated carbocycles. The molecule has 66 heavy (non-hydrogen) atoms. The summed E-state index contributed by atoms with van der Waals surface area (Å²) in [6.45, 7) is 27.9. The van der Waals surface area contributed by atoms with E-state index in [1.54, 1.807) is 0 Å². The number of benzene rings is 8. The van der Waals surface area contributed by atoms with Crippen molar-refractivity contribution in [3.8, 4) is 89.0 Å². The van der Waals surface area contributed by atoms with Crippen LogP contribution in [0.5, 0.6) is 0 Å². The van der Waals surface area contributed by atoms with Gasteiger partial charge in [0.25, 0.3) is 0 Å². The smallest absolute Gasteiger partial charge is 0.0142 e. The summed E-state index contributed by atoms with van der Waals surface area (Å²) >= 11 is 5.05. The molecule has 2 heteroatoms. The van der Waals surface area contributed by atoms with Crippen molar-refractivity contribution >= 4 is 45.2 Å². The third-order valence-corrected chi connectivity index (χ3v) is 14.6. The minimum atomic E-state index is -0.0448. The van der Waals surface area contributed by atoms with E-state index in [9.17, 15) is 0 Å². The summed E-state index contributed by atoms with van der Waals surface area (Å²) in [5, 5.41) is 0. The monoisotopic (exact) mass is 1080 g/mol. The average molecular weight is 1090 g/mol. The molecule has 9 rings (SSSR count). The minimum Gasteiger partial charge on any atom is -0.0610 e. The lowest BCUT2D eigenvalue weighted by atomic mass is 9.81. The van der Waals surface area contributed by atoms with E-state index in [0.29, 0.717) is 0 Å². The molecule has 0 heterocycles. The summed E-state index contributed by atoms with van der Waals surface area (Å²) in [6, 6.07) is 61.7. The molecule has 1 aliphatic carbocycles. The highest BCUT2D eigenvalue weighted by molar-refractivity contribution is 14.1. The molecule has 0 nitrogen and oxygen atoms in total. The largest absolute Gasteiger partial charge is 0.0610 e. The van der Waals surface area contributed by atoms with Crippen molar-refractivity contribution in [1.82, 2.24) is 0 Å². The Balaban J connectivity index is 1.37. The summed E-state index contributed by atoms with van der Waals surface area (Å²) in [5.41, 5.74) is 24.8. The second-order valence-electron chi connectivity index (χ2n) is 22.8. The molecular weight excluding hydrogens is 1020 g/mol. The molecule has 0 aromatic heterocycles. The summed E-state index contributed by atoms with van der Waals surface area (Å²) in [4.78, 5) is 0. The van der Waals surface area contributed by atoms with Gasteiger partial charge in [-0.3, -0.25) is 0 Å². The number of halogens is 2. The van der Waals surface area contributed by atoms with Crippen molar-refractivity contribution in [3.05, 3.63) is 187 Å². The van der Waals surface area contributed by atoms with Gasteiger partial charge in [-0.15, -0.1) is 0 Å². The third-order valence-electron chi connectivity index (χ3n) is 13.4. The van der Waals surface area contributed by atoms with Gasteiger partial charge in [0.05, 0.1) is 0 Å². The Bertz CT molecular complexity index is 2770. The molecule has 8 aromatic rings. The molecule has 0 saturated heterocycles. The maximum absolute atomic E-state index is 2.52. The molecule has 0 unspecified atom stereocenters. The molecule has 8 aromatic carbocycles.